The molecule has 0 bridgehead atoms. The second kappa shape index (κ2) is 9.30. The Balaban J connectivity index is 1.84. The quantitative estimate of drug-likeness (QED) is 0.609. The molecule has 0 aliphatic rings. The maximum atomic E-state index is 12.8. The first-order valence-electron chi connectivity index (χ1n) is 9.36. The highest BCUT2D eigenvalue weighted by Crippen LogP contribution is 2.25. The van der Waals surface area contributed by atoms with E-state index < -0.39 is 24.1 Å². The number of aromatic amines is 1. The monoisotopic (exact) mass is 413 g/mol. The molecule has 0 aliphatic heterocycles. The van der Waals surface area contributed by atoms with Gasteiger partial charge in [-0.05, 0) is 23.6 Å². The second-order valence-electron chi connectivity index (χ2n) is 6.99. The van der Waals surface area contributed by atoms with Crippen LogP contribution in [0.15, 0.2) is 65.5 Å². The van der Waals surface area contributed by atoms with E-state index in [1.165, 1.54) is 12.1 Å². The molecule has 156 valence electrons. The van der Waals surface area contributed by atoms with Gasteiger partial charge in [-0.1, -0.05) is 56.3 Å². The number of benzene rings is 2. The molecule has 0 aliphatic carbocycles. The summed E-state index contributed by atoms with van der Waals surface area (Å²) in [7, 11) is 0. The molecule has 1 atom stereocenters. The van der Waals surface area contributed by atoms with Crippen molar-refractivity contribution >= 4 is 5.91 Å². The lowest BCUT2D eigenvalue weighted by molar-refractivity contribution is -0.0498. The summed E-state index contributed by atoms with van der Waals surface area (Å²) in [6, 6.07) is 15.8. The molecule has 0 saturated carbocycles. The van der Waals surface area contributed by atoms with Gasteiger partial charge in [-0.15, -0.1) is 0 Å². The maximum Gasteiger partial charge on any atom is 0.387 e. The van der Waals surface area contributed by atoms with Crippen molar-refractivity contribution in [1.29, 1.82) is 0 Å². The van der Waals surface area contributed by atoms with Crippen molar-refractivity contribution in [2.75, 3.05) is 0 Å². The van der Waals surface area contributed by atoms with Gasteiger partial charge in [-0.2, -0.15) is 8.78 Å². The van der Waals surface area contributed by atoms with Gasteiger partial charge in [0.1, 0.15) is 17.3 Å². The van der Waals surface area contributed by atoms with Crippen LogP contribution in [0.25, 0.3) is 11.4 Å². The van der Waals surface area contributed by atoms with Gasteiger partial charge in [0.2, 0.25) is 0 Å². The minimum absolute atomic E-state index is 0.00796. The van der Waals surface area contributed by atoms with Crippen molar-refractivity contribution < 1.29 is 18.3 Å². The van der Waals surface area contributed by atoms with Crippen LogP contribution in [0, 0.1) is 5.92 Å². The fourth-order valence-electron chi connectivity index (χ4n) is 3.01. The van der Waals surface area contributed by atoms with E-state index in [0.29, 0.717) is 17.0 Å². The lowest BCUT2D eigenvalue weighted by Crippen LogP contribution is -2.33. The third-order valence-electron chi connectivity index (χ3n) is 4.44. The lowest BCUT2D eigenvalue weighted by atomic mass is 9.95. The van der Waals surface area contributed by atoms with E-state index in [1.54, 1.807) is 36.4 Å². The predicted molar refractivity (Wildman–Crippen MR) is 108 cm³/mol. The third kappa shape index (κ3) is 5.28. The highest BCUT2D eigenvalue weighted by Gasteiger charge is 2.21. The molecule has 8 heteroatoms. The van der Waals surface area contributed by atoms with E-state index in [-0.39, 0.29) is 17.4 Å². The fourth-order valence-corrected chi connectivity index (χ4v) is 3.01. The number of nitrogens with one attached hydrogen (secondary N) is 2. The number of hydrogen-bond acceptors (Lipinski definition) is 4. The molecule has 0 fully saturated rings. The summed E-state index contributed by atoms with van der Waals surface area (Å²) < 4.78 is 29.0. The first kappa shape index (κ1) is 21.2. The molecule has 6 nitrogen and oxygen atoms in total. The van der Waals surface area contributed by atoms with Crippen LogP contribution in [0.4, 0.5) is 8.78 Å². The minimum Gasteiger partial charge on any atom is -0.435 e. The Morgan fingerprint density at radius 3 is 2.33 bits per heavy atom. The first-order valence-corrected chi connectivity index (χ1v) is 9.36. The zero-order valence-corrected chi connectivity index (χ0v) is 16.4. The van der Waals surface area contributed by atoms with E-state index in [9.17, 15) is 18.4 Å². The number of amides is 1. The van der Waals surface area contributed by atoms with Crippen LogP contribution in [0.2, 0.25) is 0 Å². The summed E-state index contributed by atoms with van der Waals surface area (Å²) >= 11 is 0. The van der Waals surface area contributed by atoms with Crippen molar-refractivity contribution in [3.63, 3.8) is 0 Å². The smallest absolute Gasteiger partial charge is 0.387 e. The highest BCUT2D eigenvalue weighted by molar-refractivity contribution is 5.92. The van der Waals surface area contributed by atoms with Gasteiger partial charge in [0.25, 0.3) is 11.5 Å². The molecule has 0 saturated heterocycles. The summed E-state index contributed by atoms with van der Waals surface area (Å²) in [5.74, 6) is -0.189. The molecule has 0 unspecified atom stereocenters. The Bertz CT molecular complexity index is 1050. The number of rotatable bonds is 7. The minimum atomic E-state index is -2.91. The van der Waals surface area contributed by atoms with E-state index in [1.807, 2.05) is 19.9 Å². The Morgan fingerprint density at radius 1 is 1.07 bits per heavy atom. The van der Waals surface area contributed by atoms with Gasteiger partial charge in [-0.25, -0.2) is 4.98 Å². The standard InChI is InChI=1S/C22H21F2N3O3/c1-13(2)19(14-8-10-16(11-9-14)30-22(23)24)27-21(29)17-12-18(28)26-20(25-17)15-6-4-3-5-7-15/h3-13,19,22H,1-2H3,(H,27,29)(H,25,26,28)/t19-/m1/s1. The number of nitrogens with zero attached hydrogens (tertiary/aromatic N) is 1. The molecule has 2 aromatic carbocycles. The summed E-state index contributed by atoms with van der Waals surface area (Å²) in [6.45, 7) is 0.919. The van der Waals surface area contributed by atoms with E-state index in [2.05, 4.69) is 20.0 Å². The van der Waals surface area contributed by atoms with Crippen molar-refractivity contribution in [1.82, 2.24) is 15.3 Å². The summed E-state index contributed by atoms with van der Waals surface area (Å²) in [5.41, 5.74) is 0.942. The Labute approximate surface area is 171 Å². The van der Waals surface area contributed by atoms with Crippen LogP contribution in [-0.2, 0) is 0 Å². The number of carbonyl (C=O) groups is 1. The molecule has 2 N–H and O–H groups in total. The van der Waals surface area contributed by atoms with Crippen molar-refractivity contribution in [3.8, 4) is 17.1 Å². The van der Waals surface area contributed by atoms with Gasteiger partial charge in [-0.3, -0.25) is 9.59 Å². The van der Waals surface area contributed by atoms with Crippen LogP contribution < -0.4 is 15.6 Å². The Hall–Kier alpha value is -3.55. The average molecular weight is 413 g/mol. The highest BCUT2D eigenvalue weighted by atomic mass is 19.3. The summed E-state index contributed by atoms with van der Waals surface area (Å²) in [5, 5.41) is 2.87. The number of carbonyl (C=O) groups excluding carboxylic acids is 1. The molecule has 0 spiro atoms. The number of halogens is 2. The van der Waals surface area contributed by atoms with Gasteiger partial charge < -0.3 is 15.0 Å². The van der Waals surface area contributed by atoms with Gasteiger partial charge in [0.05, 0.1) is 6.04 Å². The van der Waals surface area contributed by atoms with E-state index in [0.717, 1.165) is 6.07 Å². The van der Waals surface area contributed by atoms with Crippen LogP contribution in [0.3, 0.4) is 0 Å². The average Bonchev–Trinajstić information content (AvgIpc) is 2.72. The zero-order chi connectivity index (χ0) is 21.7. The van der Waals surface area contributed by atoms with Gasteiger partial charge in [0, 0.05) is 11.6 Å². The number of H-pyrrole nitrogens is 1. The molecule has 1 heterocycles. The van der Waals surface area contributed by atoms with Crippen LogP contribution in [0.5, 0.6) is 5.75 Å². The third-order valence-corrected chi connectivity index (χ3v) is 4.44. The van der Waals surface area contributed by atoms with Crippen molar-refractivity contribution in [2.45, 2.75) is 26.5 Å². The molecular weight excluding hydrogens is 392 g/mol. The number of aromatic nitrogens is 2. The number of alkyl halides is 2. The van der Waals surface area contributed by atoms with Gasteiger partial charge >= 0.3 is 6.61 Å². The van der Waals surface area contributed by atoms with Gasteiger partial charge in [0.15, 0.2) is 0 Å². The molecule has 1 amide bonds. The van der Waals surface area contributed by atoms with Crippen LogP contribution >= 0.6 is 0 Å². The van der Waals surface area contributed by atoms with E-state index in [4.69, 9.17) is 0 Å². The molecule has 3 rings (SSSR count). The van der Waals surface area contributed by atoms with Crippen LogP contribution in [-0.4, -0.2) is 22.5 Å². The number of hydrogen-bond donors (Lipinski definition) is 2. The number of ether oxygens (including phenoxy) is 1. The van der Waals surface area contributed by atoms with E-state index >= 15 is 0 Å². The predicted octanol–water partition coefficient (Wildman–Crippen LogP) is 4.17. The lowest BCUT2D eigenvalue weighted by Gasteiger charge is -2.23. The zero-order valence-electron chi connectivity index (χ0n) is 16.4. The molecule has 3 aromatic rings. The Kier molecular flexibility index (Phi) is 6.56. The van der Waals surface area contributed by atoms with Crippen molar-refractivity contribution in [2.24, 2.45) is 5.92 Å². The fraction of sp³-hybridized carbons (Fsp3) is 0.227. The Morgan fingerprint density at radius 2 is 1.73 bits per heavy atom. The van der Waals surface area contributed by atoms with Crippen LogP contribution in [0.1, 0.15) is 35.9 Å². The largest absolute Gasteiger partial charge is 0.435 e. The normalized spacial score (nSPS) is 12.1. The molecule has 30 heavy (non-hydrogen) atoms. The summed E-state index contributed by atoms with van der Waals surface area (Å²) in [6.07, 6.45) is 0. The molecule has 0 radical (unpaired) electrons. The second-order valence-corrected chi connectivity index (χ2v) is 6.99. The maximum absolute atomic E-state index is 12.8. The molecular formula is C22H21F2N3O3. The summed E-state index contributed by atoms with van der Waals surface area (Å²) in [4.78, 5) is 31.8. The SMILES string of the molecule is CC(C)[C@@H](NC(=O)c1cc(=O)[nH]c(-c2ccccc2)n1)c1ccc(OC(F)F)cc1. The first-order chi connectivity index (χ1) is 14.3. The topological polar surface area (TPSA) is 84.1 Å². The van der Waals surface area contributed by atoms with Crippen molar-refractivity contribution in [3.05, 3.63) is 82.3 Å². The molecule has 1 aromatic heterocycles.